The fourth-order valence-corrected chi connectivity index (χ4v) is 4.22. The Hall–Kier alpha value is -1.58. The zero-order chi connectivity index (χ0) is 16.6. The molecule has 2 atom stereocenters. The summed E-state index contributed by atoms with van der Waals surface area (Å²) in [6.45, 7) is 7.07. The van der Waals surface area contributed by atoms with Crippen molar-refractivity contribution in [3.8, 4) is 0 Å². The van der Waals surface area contributed by atoms with Crippen molar-refractivity contribution in [1.82, 2.24) is 4.90 Å². The molecule has 23 heavy (non-hydrogen) atoms. The summed E-state index contributed by atoms with van der Waals surface area (Å²) >= 11 is 0. The van der Waals surface area contributed by atoms with E-state index in [0.717, 1.165) is 50.0 Å². The number of carbonyl (C=O) groups excluding carboxylic acids is 2. The third kappa shape index (κ3) is 2.84. The molecule has 0 radical (unpaired) electrons. The molecule has 1 aromatic rings. The maximum absolute atomic E-state index is 13.1. The lowest BCUT2D eigenvalue weighted by atomic mass is 9.87. The fraction of sp³-hybridized carbons (Fsp3) is 0.684. The molecule has 1 aromatic heterocycles. The molecule has 0 N–H and O–H groups in total. The van der Waals surface area contributed by atoms with Crippen LogP contribution in [0.25, 0.3) is 0 Å². The van der Waals surface area contributed by atoms with E-state index in [0.29, 0.717) is 29.7 Å². The van der Waals surface area contributed by atoms with E-state index >= 15 is 0 Å². The van der Waals surface area contributed by atoms with Gasteiger partial charge in [-0.2, -0.15) is 0 Å². The Kier molecular flexibility index (Phi) is 4.60. The quantitative estimate of drug-likeness (QED) is 0.841. The number of furan rings is 1. The zero-order valence-corrected chi connectivity index (χ0v) is 14.5. The number of fused-ring (bicyclic) bond motifs is 1. The van der Waals surface area contributed by atoms with Gasteiger partial charge in [-0.25, -0.2) is 0 Å². The van der Waals surface area contributed by atoms with Gasteiger partial charge in [0, 0.05) is 31.0 Å². The molecule has 3 rings (SSSR count). The van der Waals surface area contributed by atoms with Crippen LogP contribution in [0, 0.1) is 12.8 Å². The van der Waals surface area contributed by atoms with Crippen LogP contribution in [0.15, 0.2) is 4.42 Å². The van der Waals surface area contributed by atoms with E-state index in [4.69, 9.17) is 4.42 Å². The Labute approximate surface area is 138 Å². The lowest BCUT2D eigenvalue weighted by Gasteiger charge is -2.39. The van der Waals surface area contributed by atoms with Gasteiger partial charge in [-0.1, -0.05) is 20.3 Å². The van der Waals surface area contributed by atoms with E-state index in [2.05, 4.69) is 13.8 Å². The number of aryl methyl sites for hydroxylation is 1. The molecule has 0 aromatic carbocycles. The molecule has 2 heterocycles. The Morgan fingerprint density at radius 2 is 2.09 bits per heavy atom. The minimum atomic E-state index is -0.0188. The molecule has 0 spiro atoms. The minimum absolute atomic E-state index is 0.0188. The largest absolute Gasteiger partial charge is 0.455 e. The van der Waals surface area contributed by atoms with E-state index in [9.17, 15) is 9.59 Å². The van der Waals surface area contributed by atoms with E-state index in [1.165, 1.54) is 6.42 Å². The molecule has 126 valence electrons. The van der Waals surface area contributed by atoms with Gasteiger partial charge in [0.05, 0.1) is 5.56 Å². The third-order valence-electron chi connectivity index (χ3n) is 5.46. The summed E-state index contributed by atoms with van der Waals surface area (Å²) < 4.78 is 5.87. The van der Waals surface area contributed by atoms with Gasteiger partial charge in [-0.3, -0.25) is 9.59 Å². The lowest BCUT2D eigenvalue weighted by molar-refractivity contribution is 0.0463. The van der Waals surface area contributed by atoms with Crippen molar-refractivity contribution in [3.63, 3.8) is 0 Å². The first-order valence-corrected chi connectivity index (χ1v) is 9.01. The van der Waals surface area contributed by atoms with E-state index < -0.39 is 0 Å². The number of piperidine rings is 1. The first-order chi connectivity index (χ1) is 11.0. The summed E-state index contributed by atoms with van der Waals surface area (Å²) in [5.41, 5.74) is 1.43. The van der Waals surface area contributed by atoms with Gasteiger partial charge in [0.1, 0.15) is 5.76 Å². The van der Waals surface area contributed by atoms with Gasteiger partial charge in [-0.05, 0) is 38.5 Å². The van der Waals surface area contributed by atoms with E-state index in [1.54, 1.807) is 0 Å². The van der Waals surface area contributed by atoms with Gasteiger partial charge in [-0.15, -0.1) is 0 Å². The number of nitrogens with zero attached hydrogens (tertiary/aromatic N) is 1. The highest BCUT2D eigenvalue weighted by Crippen LogP contribution is 2.33. The smallest absolute Gasteiger partial charge is 0.290 e. The highest BCUT2D eigenvalue weighted by Gasteiger charge is 2.36. The van der Waals surface area contributed by atoms with Crippen molar-refractivity contribution in [2.75, 3.05) is 6.54 Å². The average Bonchev–Trinajstić information content (AvgIpc) is 2.87. The van der Waals surface area contributed by atoms with Crippen molar-refractivity contribution >= 4 is 11.7 Å². The summed E-state index contributed by atoms with van der Waals surface area (Å²) in [5, 5.41) is 0. The molecule has 0 unspecified atom stereocenters. The maximum Gasteiger partial charge on any atom is 0.290 e. The van der Waals surface area contributed by atoms with Crippen LogP contribution >= 0.6 is 0 Å². The zero-order valence-electron chi connectivity index (χ0n) is 14.5. The van der Waals surface area contributed by atoms with E-state index in [1.807, 2.05) is 11.8 Å². The van der Waals surface area contributed by atoms with Gasteiger partial charge in [0.2, 0.25) is 0 Å². The number of likely N-dealkylation sites (tertiary alicyclic amines) is 1. The normalized spacial score (nSPS) is 24.7. The number of amides is 1. The molecular weight excluding hydrogens is 290 g/mol. The fourth-order valence-electron chi connectivity index (χ4n) is 4.22. The number of Topliss-reactive ketones (excluding diaryl/α,β-unsaturated/α-hetero) is 1. The average molecular weight is 317 g/mol. The van der Waals surface area contributed by atoms with Crippen LogP contribution in [-0.4, -0.2) is 29.2 Å². The molecular formula is C19H27NO3. The van der Waals surface area contributed by atoms with E-state index in [-0.39, 0.29) is 11.7 Å². The van der Waals surface area contributed by atoms with Gasteiger partial charge >= 0.3 is 0 Å². The Balaban J connectivity index is 1.92. The SMILES string of the molecule is CCC[C@H]1[C@@H](C)CCCN1C(=O)c1oc2c(c1C)C(=O)CCC2. The van der Waals surface area contributed by atoms with Crippen LogP contribution < -0.4 is 0 Å². The number of ketones is 1. The second-order valence-electron chi connectivity index (χ2n) is 7.11. The molecule has 4 nitrogen and oxygen atoms in total. The number of rotatable bonds is 3. The Morgan fingerprint density at radius 3 is 2.78 bits per heavy atom. The summed E-state index contributed by atoms with van der Waals surface area (Å²) in [4.78, 5) is 27.2. The third-order valence-corrected chi connectivity index (χ3v) is 5.46. The predicted octanol–water partition coefficient (Wildman–Crippen LogP) is 4.15. The first-order valence-electron chi connectivity index (χ1n) is 9.01. The highest BCUT2D eigenvalue weighted by atomic mass is 16.4. The van der Waals surface area contributed by atoms with Gasteiger partial charge in [0.25, 0.3) is 5.91 Å². The molecule has 1 aliphatic carbocycles. The lowest BCUT2D eigenvalue weighted by Crippen LogP contribution is -2.47. The summed E-state index contributed by atoms with van der Waals surface area (Å²) in [6, 6.07) is 0.290. The molecule has 2 aliphatic rings. The summed E-state index contributed by atoms with van der Waals surface area (Å²) in [7, 11) is 0. The second kappa shape index (κ2) is 6.50. The van der Waals surface area contributed by atoms with Crippen molar-refractivity contribution < 1.29 is 14.0 Å². The number of hydrogen-bond acceptors (Lipinski definition) is 3. The van der Waals surface area contributed by atoms with Crippen LogP contribution in [-0.2, 0) is 6.42 Å². The molecule has 1 aliphatic heterocycles. The highest BCUT2D eigenvalue weighted by molar-refractivity contribution is 6.03. The standard InChI is InChI=1S/C19H27NO3/c1-4-7-14-12(2)8-6-11-20(14)19(22)18-13(3)17-15(21)9-5-10-16(17)23-18/h12,14H,4-11H2,1-3H3/t12-,14-/m0/s1. The van der Waals surface area contributed by atoms with Crippen molar-refractivity contribution in [2.24, 2.45) is 5.92 Å². The number of carbonyl (C=O) groups is 2. The number of hydrogen-bond donors (Lipinski definition) is 0. The minimum Gasteiger partial charge on any atom is -0.455 e. The van der Waals surface area contributed by atoms with Crippen LogP contribution in [0.5, 0.6) is 0 Å². The van der Waals surface area contributed by atoms with Crippen molar-refractivity contribution in [3.05, 3.63) is 22.6 Å². The second-order valence-corrected chi connectivity index (χ2v) is 7.11. The summed E-state index contributed by atoms with van der Waals surface area (Å²) in [6.07, 6.45) is 6.50. The molecule has 0 bridgehead atoms. The topological polar surface area (TPSA) is 50.5 Å². The predicted molar refractivity (Wildman–Crippen MR) is 88.8 cm³/mol. The van der Waals surface area contributed by atoms with Crippen molar-refractivity contribution in [1.29, 1.82) is 0 Å². The molecule has 1 amide bonds. The Morgan fingerprint density at radius 1 is 1.30 bits per heavy atom. The molecule has 4 heteroatoms. The first kappa shape index (κ1) is 16.3. The maximum atomic E-state index is 13.1. The van der Waals surface area contributed by atoms with Crippen LogP contribution in [0.4, 0.5) is 0 Å². The van der Waals surface area contributed by atoms with Crippen LogP contribution in [0.1, 0.15) is 84.6 Å². The summed E-state index contributed by atoms with van der Waals surface area (Å²) in [5.74, 6) is 1.76. The van der Waals surface area contributed by atoms with Crippen LogP contribution in [0.2, 0.25) is 0 Å². The molecule has 1 fully saturated rings. The van der Waals surface area contributed by atoms with Gasteiger partial charge < -0.3 is 9.32 Å². The van der Waals surface area contributed by atoms with Gasteiger partial charge in [0.15, 0.2) is 11.5 Å². The molecule has 0 saturated carbocycles. The molecule has 1 saturated heterocycles. The Bertz CT molecular complexity index is 616. The van der Waals surface area contributed by atoms with Crippen molar-refractivity contribution in [2.45, 2.75) is 71.8 Å². The van der Waals surface area contributed by atoms with Crippen LogP contribution in [0.3, 0.4) is 0 Å². The monoisotopic (exact) mass is 317 g/mol.